The zero-order valence-electron chi connectivity index (χ0n) is 19.5. The molecule has 4 rings (SSSR count). The Morgan fingerprint density at radius 3 is 2.44 bits per heavy atom. The summed E-state index contributed by atoms with van der Waals surface area (Å²) in [5, 5.41) is 1.25. The first-order chi connectivity index (χ1) is 16.3. The topological polar surface area (TPSA) is 45.7 Å². The van der Waals surface area contributed by atoms with E-state index in [2.05, 4.69) is 18.8 Å². The lowest BCUT2D eigenvalue weighted by molar-refractivity contribution is 0.177. The van der Waals surface area contributed by atoms with Crippen LogP contribution in [0.4, 0.5) is 10.5 Å². The summed E-state index contributed by atoms with van der Waals surface area (Å²) < 4.78 is 5.96. The number of halogens is 2. The summed E-state index contributed by atoms with van der Waals surface area (Å²) in [5.74, 6) is 0.828. The van der Waals surface area contributed by atoms with Gasteiger partial charge in [-0.15, -0.1) is 0 Å². The average molecular weight is 498 g/mol. The Balaban J connectivity index is 1.24. The lowest BCUT2D eigenvalue weighted by Gasteiger charge is -2.30. The van der Waals surface area contributed by atoms with Gasteiger partial charge in [0.25, 0.3) is 0 Å². The lowest BCUT2D eigenvalue weighted by atomic mass is 9.87. The molecule has 7 heteroatoms. The van der Waals surface area contributed by atoms with Crippen molar-refractivity contribution in [2.45, 2.75) is 26.7 Å². The monoisotopic (exact) mass is 497 g/mol. The number of ether oxygens (including phenoxy) is 1. The van der Waals surface area contributed by atoms with Gasteiger partial charge < -0.3 is 9.64 Å². The number of rotatable bonds is 9. The molecule has 0 radical (unpaired) electrons. The lowest BCUT2D eigenvalue weighted by Crippen LogP contribution is -2.38. The molecule has 0 unspecified atom stereocenters. The van der Waals surface area contributed by atoms with Crippen LogP contribution in [0.15, 0.2) is 67.0 Å². The molecule has 1 aliphatic heterocycles. The number of pyridine rings is 1. The fourth-order valence-electron chi connectivity index (χ4n) is 4.28. The maximum atomic E-state index is 12.9. The van der Waals surface area contributed by atoms with Crippen LogP contribution >= 0.6 is 23.2 Å². The zero-order chi connectivity index (χ0) is 24.1. The predicted octanol–water partition coefficient (Wildman–Crippen LogP) is 7.18. The van der Waals surface area contributed by atoms with E-state index < -0.39 is 0 Å². The Bertz CT molecular complexity index is 1120. The summed E-state index contributed by atoms with van der Waals surface area (Å²) in [7, 11) is 0. The van der Waals surface area contributed by atoms with Gasteiger partial charge in [0.1, 0.15) is 5.75 Å². The molecule has 5 nitrogen and oxygen atoms in total. The van der Waals surface area contributed by atoms with E-state index in [1.165, 1.54) is 0 Å². The van der Waals surface area contributed by atoms with E-state index in [1.54, 1.807) is 18.5 Å². The molecule has 1 saturated heterocycles. The Morgan fingerprint density at radius 2 is 1.74 bits per heavy atom. The molecular formula is C27H29Cl2N3O2. The van der Waals surface area contributed by atoms with Crippen LogP contribution in [0.3, 0.4) is 0 Å². The highest BCUT2D eigenvalue weighted by Crippen LogP contribution is 2.32. The van der Waals surface area contributed by atoms with Crippen molar-refractivity contribution in [2.75, 3.05) is 31.1 Å². The molecule has 1 aromatic heterocycles. The fraction of sp³-hybridized carbons (Fsp3) is 0.333. The molecule has 3 aromatic rings. The summed E-state index contributed by atoms with van der Waals surface area (Å²) in [5.41, 5.74) is 2.87. The van der Waals surface area contributed by atoms with Crippen molar-refractivity contribution in [2.24, 2.45) is 5.41 Å². The minimum atomic E-state index is 0.00244. The van der Waals surface area contributed by atoms with Gasteiger partial charge in [-0.2, -0.15) is 0 Å². The number of hydrogen-bond acceptors (Lipinski definition) is 3. The SMILES string of the molecule is CC(C)(CCCOc1ccc(-c2ccc(Cl)cc2Cl)cc1)CN1CCN(c2ccncc2)C1=O. The first-order valence-corrected chi connectivity index (χ1v) is 12.2. The third-order valence-electron chi connectivity index (χ3n) is 6.05. The van der Waals surface area contributed by atoms with Crippen molar-refractivity contribution < 1.29 is 9.53 Å². The van der Waals surface area contributed by atoms with E-state index in [0.717, 1.165) is 48.5 Å². The highest BCUT2D eigenvalue weighted by molar-refractivity contribution is 6.36. The molecule has 1 aliphatic rings. The van der Waals surface area contributed by atoms with Gasteiger partial charge in [-0.05, 0) is 60.2 Å². The molecule has 0 bridgehead atoms. The smallest absolute Gasteiger partial charge is 0.324 e. The van der Waals surface area contributed by atoms with Gasteiger partial charge in [0.15, 0.2) is 0 Å². The third-order valence-corrected chi connectivity index (χ3v) is 6.60. The first-order valence-electron chi connectivity index (χ1n) is 11.5. The minimum Gasteiger partial charge on any atom is -0.494 e. The molecule has 0 aliphatic carbocycles. The molecule has 0 saturated carbocycles. The second kappa shape index (κ2) is 10.7. The Hall–Kier alpha value is -2.76. The number of nitrogens with zero attached hydrogens (tertiary/aromatic N) is 3. The van der Waals surface area contributed by atoms with Crippen molar-refractivity contribution in [3.8, 4) is 16.9 Å². The predicted molar refractivity (Wildman–Crippen MR) is 139 cm³/mol. The number of carbonyl (C=O) groups excluding carboxylic acids is 1. The standard InChI is InChI=1S/C27H29Cl2N3O2/c1-27(2,19-31-15-16-32(26(31)33)22-10-13-30-14-11-22)12-3-17-34-23-7-4-20(5-8-23)24-9-6-21(28)18-25(24)29/h4-11,13-14,18H,3,12,15-17,19H2,1-2H3. The van der Waals surface area contributed by atoms with Crippen molar-refractivity contribution in [3.05, 3.63) is 77.0 Å². The number of amides is 2. The molecule has 178 valence electrons. The van der Waals surface area contributed by atoms with Gasteiger partial charge in [-0.3, -0.25) is 9.88 Å². The van der Waals surface area contributed by atoms with E-state index in [1.807, 2.05) is 58.3 Å². The summed E-state index contributed by atoms with van der Waals surface area (Å²) in [4.78, 5) is 20.7. The number of hydrogen-bond donors (Lipinski definition) is 0. The third kappa shape index (κ3) is 6.02. The molecule has 34 heavy (non-hydrogen) atoms. The normalized spacial score (nSPS) is 14.1. The van der Waals surface area contributed by atoms with Gasteiger partial charge >= 0.3 is 6.03 Å². The average Bonchev–Trinajstić information content (AvgIpc) is 3.17. The number of benzene rings is 2. The summed E-state index contributed by atoms with van der Waals surface area (Å²) in [6, 6.07) is 17.2. The van der Waals surface area contributed by atoms with Crippen LogP contribution in [0.5, 0.6) is 5.75 Å². The minimum absolute atomic E-state index is 0.00244. The number of aromatic nitrogens is 1. The Labute approximate surface area is 211 Å². The maximum absolute atomic E-state index is 12.9. The highest BCUT2D eigenvalue weighted by Gasteiger charge is 2.33. The van der Waals surface area contributed by atoms with Crippen LogP contribution in [0.25, 0.3) is 11.1 Å². The number of anilines is 1. The van der Waals surface area contributed by atoms with Gasteiger partial charge in [0, 0.05) is 53.3 Å². The highest BCUT2D eigenvalue weighted by atomic mass is 35.5. The van der Waals surface area contributed by atoms with Gasteiger partial charge in [0.05, 0.1) is 6.61 Å². The molecule has 2 amide bonds. The van der Waals surface area contributed by atoms with Crippen molar-refractivity contribution in [1.29, 1.82) is 0 Å². The van der Waals surface area contributed by atoms with Crippen molar-refractivity contribution in [3.63, 3.8) is 0 Å². The van der Waals surface area contributed by atoms with Crippen LogP contribution in [0.2, 0.25) is 10.0 Å². The van der Waals surface area contributed by atoms with Crippen LogP contribution < -0.4 is 9.64 Å². The van der Waals surface area contributed by atoms with Crippen LogP contribution in [0.1, 0.15) is 26.7 Å². The van der Waals surface area contributed by atoms with Crippen LogP contribution in [-0.4, -0.2) is 42.2 Å². The van der Waals surface area contributed by atoms with E-state index in [-0.39, 0.29) is 11.4 Å². The molecule has 0 spiro atoms. The molecule has 1 fully saturated rings. The number of carbonyl (C=O) groups is 1. The maximum Gasteiger partial charge on any atom is 0.324 e. The molecular weight excluding hydrogens is 469 g/mol. The second-order valence-electron chi connectivity index (χ2n) is 9.33. The zero-order valence-corrected chi connectivity index (χ0v) is 21.0. The van der Waals surface area contributed by atoms with Gasteiger partial charge in [-0.1, -0.05) is 55.2 Å². The summed E-state index contributed by atoms with van der Waals surface area (Å²) >= 11 is 12.3. The quantitative estimate of drug-likeness (QED) is 0.294. The molecule has 0 atom stereocenters. The molecule has 2 aromatic carbocycles. The van der Waals surface area contributed by atoms with Gasteiger partial charge in [0.2, 0.25) is 0 Å². The van der Waals surface area contributed by atoms with Crippen molar-refractivity contribution in [1.82, 2.24) is 9.88 Å². The molecule has 2 heterocycles. The van der Waals surface area contributed by atoms with E-state index in [9.17, 15) is 4.79 Å². The second-order valence-corrected chi connectivity index (χ2v) is 10.2. The largest absolute Gasteiger partial charge is 0.494 e. The molecule has 0 N–H and O–H groups in total. The summed E-state index contributed by atoms with van der Waals surface area (Å²) in [6.45, 7) is 7.22. The number of urea groups is 1. The fourth-order valence-corrected chi connectivity index (χ4v) is 4.80. The van der Waals surface area contributed by atoms with E-state index in [4.69, 9.17) is 27.9 Å². The Kier molecular flexibility index (Phi) is 7.64. The van der Waals surface area contributed by atoms with Crippen molar-refractivity contribution >= 4 is 34.9 Å². The van der Waals surface area contributed by atoms with E-state index in [0.29, 0.717) is 23.2 Å². The van der Waals surface area contributed by atoms with Crippen LogP contribution in [0, 0.1) is 5.41 Å². The summed E-state index contributed by atoms with van der Waals surface area (Å²) in [6.07, 6.45) is 5.31. The Morgan fingerprint density at radius 1 is 1.00 bits per heavy atom. The van der Waals surface area contributed by atoms with Crippen LogP contribution in [-0.2, 0) is 0 Å². The first kappa shape index (κ1) is 24.4. The van der Waals surface area contributed by atoms with Gasteiger partial charge in [-0.25, -0.2) is 4.79 Å². The van der Waals surface area contributed by atoms with E-state index >= 15 is 0 Å².